The molecule has 1 aromatic heterocycles. The summed E-state index contributed by atoms with van der Waals surface area (Å²) in [5.41, 5.74) is 1.44. The largest absolute Gasteiger partial charge is 0.460 e. The predicted molar refractivity (Wildman–Crippen MR) is 98.0 cm³/mol. The number of carbonyl (C=O) groups is 3. The highest BCUT2D eigenvalue weighted by Crippen LogP contribution is 2.12. The van der Waals surface area contributed by atoms with Gasteiger partial charge in [0.1, 0.15) is 23.2 Å². The Morgan fingerprint density at radius 3 is 2.41 bits per heavy atom. The molecule has 27 heavy (non-hydrogen) atoms. The summed E-state index contributed by atoms with van der Waals surface area (Å²) >= 11 is 0. The van der Waals surface area contributed by atoms with Crippen LogP contribution in [0.1, 0.15) is 17.1 Å². The molecular weight excluding hydrogens is 348 g/mol. The van der Waals surface area contributed by atoms with E-state index in [2.05, 4.69) is 16.0 Å². The van der Waals surface area contributed by atoms with Crippen molar-refractivity contribution >= 4 is 29.5 Å². The van der Waals surface area contributed by atoms with Gasteiger partial charge in [0.25, 0.3) is 5.91 Å². The Balaban J connectivity index is 1.92. The van der Waals surface area contributed by atoms with Crippen LogP contribution in [-0.4, -0.2) is 24.8 Å². The molecule has 3 amide bonds. The smallest absolute Gasteiger partial charge is 0.313 e. The lowest BCUT2D eigenvalue weighted by Crippen LogP contribution is -2.34. The minimum absolute atomic E-state index is 0.0180. The lowest BCUT2D eigenvalue weighted by atomic mass is 10.2. The zero-order valence-corrected chi connectivity index (χ0v) is 14.8. The second kappa shape index (κ2) is 9.01. The van der Waals surface area contributed by atoms with Crippen LogP contribution in [0.5, 0.6) is 0 Å². The number of hydrogen-bond acceptors (Lipinski definition) is 5. The molecule has 3 N–H and O–H groups in total. The molecule has 0 aliphatic carbocycles. The number of nitrogens with one attached hydrogen (secondary N) is 3. The van der Waals surface area contributed by atoms with Crippen molar-refractivity contribution in [3.8, 4) is 6.07 Å². The zero-order chi connectivity index (χ0) is 19.8. The lowest BCUT2D eigenvalue weighted by Gasteiger charge is -2.05. The topological polar surface area (TPSA) is 124 Å². The van der Waals surface area contributed by atoms with Gasteiger partial charge in [-0.1, -0.05) is 17.7 Å². The minimum atomic E-state index is -0.813. The Labute approximate surface area is 155 Å². The van der Waals surface area contributed by atoms with Gasteiger partial charge in [-0.2, -0.15) is 5.26 Å². The third kappa shape index (κ3) is 5.57. The molecule has 0 unspecified atom stereocenters. The van der Waals surface area contributed by atoms with E-state index in [0.717, 1.165) is 5.56 Å². The van der Waals surface area contributed by atoms with Gasteiger partial charge in [0.2, 0.25) is 0 Å². The Kier molecular flexibility index (Phi) is 6.49. The number of carbonyl (C=O) groups excluding carboxylic acids is 3. The van der Waals surface area contributed by atoms with E-state index in [1.807, 2.05) is 19.1 Å². The fourth-order valence-corrected chi connectivity index (χ4v) is 2.07. The van der Waals surface area contributed by atoms with Crippen LogP contribution < -0.4 is 16.0 Å². The summed E-state index contributed by atoms with van der Waals surface area (Å²) < 4.78 is 5.42. The minimum Gasteiger partial charge on any atom is -0.460 e. The molecule has 0 aliphatic rings. The molecule has 0 spiro atoms. The van der Waals surface area contributed by atoms with E-state index in [0.29, 0.717) is 11.4 Å². The van der Waals surface area contributed by atoms with Gasteiger partial charge in [-0.05, 0) is 31.2 Å². The van der Waals surface area contributed by atoms with E-state index in [4.69, 9.17) is 9.68 Å². The van der Waals surface area contributed by atoms with E-state index >= 15 is 0 Å². The van der Waals surface area contributed by atoms with E-state index in [1.165, 1.54) is 13.1 Å². The highest BCUT2D eigenvalue weighted by molar-refractivity contribution is 6.39. The van der Waals surface area contributed by atoms with Gasteiger partial charge in [0.05, 0.1) is 6.54 Å². The lowest BCUT2D eigenvalue weighted by molar-refractivity contribution is -0.136. The number of furan rings is 1. The fraction of sp³-hybridized carbons (Fsp3) is 0.158. The Morgan fingerprint density at radius 2 is 1.78 bits per heavy atom. The normalized spacial score (nSPS) is 10.6. The molecule has 138 valence electrons. The quantitative estimate of drug-likeness (QED) is 0.420. The number of rotatable bonds is 5. The molecule has 8 nitrogen and oxygen atoms in total. The third-order valence-electron chi connectivity index (χ3n) is 3.50. The SMILES string of the molecule is CNC(=O)/C(C#N)=C\c1ccc(CNC(=O)C(=O)Nc2ccc(C)cc2)o1. The molecular formula is C19H18N4O4. The van der Waals surface area contributed by atoms with Crippen molar-refractivity contribution in [2.24, 2.45) is 0 Å². The van der Waals surface area contributed by atoms with Crippen LogP contribution in [0.2, 0.25) is 0 Å². The first-order chi connectivity index (χ1) is 12.9. The Morgan fingerprint density at radius 1 is 1.07 bits per heavy atom. The molecule has 0 fully saturated rings. The maximum Gasteiger partial charge on any atom is 0.313 e. The Hall–Kier alpha value is -3.86. The maximum atomic E-state index is 11.9. The molecule has 0 bridgehead atoms. The van der Waals surface area contributed by atoms with Gasteiger partial charge in [-0.25, -0.2) is 0 Å². The van der Waals surface area contributed by atoms with Crippen LogP contribution in [0.4, 0.5) is 5.69 Å². The summed E-state index contributed by atoms with van der Waals surface area (Å²) in [5, 5.41) is 16.2. The summed E-state index contributed by atoms with van der Waals surface area (Å²) in [7, 11) is 1.41. The molecule has 0 saturated carbocycles. The zero-order valence-electron chi connectivity index (χ0n) is 14.8. The number of hydrogen-bond donors (Lipinski definition) is 3. The van der Waals surface area contributed by atoms with Crippen molar-refractivity contribution in [2.45, 2.75) is 13.5 Å². The van der Waals surface area contributed by atoms with E-state index in [9.17, 15) is 14.4 Å². The predicted octanol–water partition coefficient (Wildman–Crippen LogP) is 1.50. The Bertz CT molecular complexity index is 920. The van der Waals surface area contributed by atoms with Crippen molar-refractivity contribution in [3.63, 3.8) is 0 Å². The fourth-order valence-electron chi connectivity index (χ4n) is 2.07. The summed E-state index contributed by atoms with van der Waals surface area (Å²) in [6.07, 6.45) is 1.29. The number of nitrogens with zero attached hydrogens (tertiary/aromatic N) is 1. The molecule has 0 saturated heterocycles. The summed E-state index contributed by atoms with van der Waals surface area (Å²) in [4.78, 5) is 35.2. The van der Waals surface area contributed by atoms with Gasteiger partial charge >= 0.3 is 11.8 Å². The second-order valence-corrected chi connectivity index (χ2v) is 5.56. The van der Waals surface area contributed by atoms with Crippen molar-refractivity contribution in [2.75, 3.05) is 12.4 Å². The molecule has 0 radical (unpaired) electrons. The van der Waals surface area contributed by atoms with Gasteiger partial charge in [-0.3, -0.25) is 14.4 Å². The average Bonchev–Trinajstić information content (AvgIpc) is 3.12. The van der Waals surface area contributed by atoms with Crippen LogP contribution >= 0.6 is 0 Å². The molecule has 1 heterocycles. The van der Waals surface area contributed by atoms with Crippen molar-refractivity contribution in [3.05, 3.63) is 59.1 Å². The average molecular weight is 366 g/mol. The first-order valence-electron chi connectivity index (χ1n) is 8.01. The van der Waals surface area contributed by atoms with Crippen molar-refractivity contribution in [1.82, 2.24) is 10.6 Å². The van der Waals surface area contributed by atoms with E-state index in [-0.39, 0.29) is 17.9 Å². The molecule has 8 heteroatoms. The molecule has 1 aromatic carbocycles. The van der Waals surface area contributed by atoms with Crippen LogP contribution in [0.15, 0.2) is 46.4 Å². The number of likely N-dealkylation sites (N-methyl/N-ethyl adjacent to an activating group) is 1. The van der Waals surface area contributed by atoms with Crippen molar-refractivity contribution in [1.29, 1.82) is 5.26 Å². The van der Waals surface area contributed by atoms with Gasteiger partial charge < -0.3 is 20.4 Å². The highest BCUT2D eigenvalue weighted by atomic mass is 16.3. The van der Waals surface area contributed by atoms with Crippen LogP contribution in [0.3, 0.4) is 0 Å². The van der Waals surface area contributed by atoms with Crippen LogP contribution in [0.25, 0.3) is 6.08 Å². The first kappa shape index (κ1) is 19.5. The highest BCUT2D eigenvalue weighted by Gasteiger charge is 2.14. The second-order valence-electron chi connectivity index (χ2n) is 5.56. The summed E-state index contributed by atoms with van der Waals surface area (Å²) in [5.74, 6) is -1.49. The van der Waals surface area contributed by atoms with Gasteiger partial charge in [0, 0.05) is 18.8 Å². The molecule has 0 atom stereocenters. The van der Waals surface area contributed by atoms with Gasteiger partial charge in [0.15, 0.2) is 0 Å². The van der Waals surface area contributed by atoms with E-state index in [1.54, 1.807) is 30.3 Å². The summed E-state index contributed by atoms with van der Waals surface area (Å²) in [6.45, 7) is 1.90. The summed E-state index contributed by atoms with van der Waals surface area (Å²) in [6, 6.07) is 11.9. The maximum absolute atomic E-state index is 11.9. The number of anilines is 1. The number of aryl methyl sites for hydroxylation is 1. The van der Waals surface area contributed by atoms with Crippen molar-refractivity contribution < 1.29 is 18.8 Å². The number of amides is 3. The monoisotopic (exact) mass is 366 g/mol. The molecule has 0 aliphatic heterocycles. The molecule has 2 aromatic rings. The standard InChI is InChI=1S/C19H18N4O4/c1-12-3-5-14(6-4-12)23-19(26)18(25)22-11-16-8-7-15(27-16)9-13(10-20)17(24)21-2/h3-9H,11H2,1-2H3,(H,21,24)(H,22,25)(H,23,26)/b13-9-. The molecule has 2 rings (SSSR count). The number of benzene rings is 1. The third-order valence-corrected chi connectivity index (χ3v) is 3.50. The van der Waals surface area contributed by atoms with E-state index < -0.39 is 17.7 Å². The van der Waals surface area contributed by atoms with Crippen LogP contribution in [-0.2, 0) is 20.9 Å². The number of nitriles is 1. The van der Waals surface area contributed by atoms with Gasteiger partial charge in [-0.15, -0.1) is 0 Å². The first-order valence-corrected chi connectivity index (χ1v) is 8.01. The van der Waals surface area contributed by atoms with Crippen LogP contribution in [0, 0.1) is 18.3 Å².